The van der Waals surface area contributed by atoms with Crippen molar-refractivity contribution in [3.8, 4) is 5.88 Å². The van der Waals surface area contributed by atoms with Gasteiger partial charge in [-0.25, -0.2) is 9.97 Å². The molecule has 3 aromatic rings. The summed E-state index contributed by atoms with van der Waals surface area (Å²) >= 11 is 0. The van der Waals surface area contributed by atoms with Gasteiger partial charge in [-0.05, 0) is 45.0 Å². The van der Waals surface area contributed by atoms with Gasteiger partial charge in [0.15, 0.2) is 0 Å². The van der Waals surface area contributed by atoms with Crippen LogP contribution < -0.4 is 15.4 Å². The fourth-order valence-corrected chi connectivity index (χ4v) is 3.29. The van der Waals surface area contributed by atoms with Gasteiger partial charge in [0.1, 0.15) is 24.3 Å². The summed E-state index contributed by atoms with van der Waals surface area (Å²) in [4.78, 5) is 22.7. The SMILES string of the molecule is CC(C)(C)n1ccc2cc(N3CCOc4ncnc(N)c4C3=O)ccc21. The fourth-order valence-electron chi connectivity index (χ4n) is 3.29. The number of amides is 1. The molecule has 4 rings (SSSR count). The summed E-state index contributed by atoms with van der Waals surface area (Å²) < 4.78 is 7.81. The van der Waals surface area contributed by atoms with E-state index in [0.717, 1.165) is 16.6 Å². The number of anilines is 2. The Bertz CT molecular complexity index is 1000. The first-order valence-corrected chi connectivity index (χ1v) is 8.53. The Morgan fingerprint density at radius 1 is 1.19 bits per heavy atom. The van der Waals surface area contributed by atoms with E-state index in [-0.39, 0.29) is 28.7 Å². The Morgan fingerprint density at radius 2 is 2.00 bits per heavy atom. The number of hydrogen-bond donors (Lipinski definition) is 1. The zero-order chi connectivity index (χ0) is 18.5. The summed E-state index contributed by atoms with van der Waals surface area (Å²) in [7, 11) is 0. The molecule has 0 fully saturated rings. The van der Waals surface area contributed by atoms with Gasteiger partial charge >= 0.3 is 0 Å². The molecule has 1 amide bonds. The lowest BCUT2D eigenvalue weighted by molar-refractivity contribution is 0.0990. The van der Waals surface area contributed by atoms with Crippen molar-refractivity contribution in [2.75, 3.05) is 23.8 Å². The maximum Gasteiger partial charge on any atom is 0.267 e. The Morgan fingerprint density at radius 3 is 2.77 bits per heavy atom. The van der Waals surface area contributed by atoms with Crippen LogP contribution in [0.4, 0.5) is 11.5 Å². The van der Waals surface area contributed by atoms with Crippen molar-refractivity contribution in [2.24, 2.45) is 0 Å². The number of aromatic nitrogens is 3. The molecule has 2 N–H and O–H groups in total. The zero-order valence-electron chi connectivity index (χ0n) is 15.1. The van der Waals surface area contributed by atoms with Gasteiger partial charge in [0.2, 0.25) is 5.88 Å². The van der Waals surface area contributed by atoms with E-state index in [1.807, 2.05) is 18.2 Å². The Kier molecular flexibility index (Phi) is 3.61. The molecular formula is C19H21N5O2. The number of carbonyl (C=O) groups is 1. The highest BCUT2D eigenvalue weighted by molar-refractivity contribution is 6.11. The van der Waals surface area contributed by atoms with Crippen molar-refractivity contribution in [2.45, 2.75) is 26.3 Å². The van der Waals surface area contributed by atoms with Crippen LogP contribution in [0.5, 0.6) is 5.88 Å². The molecule has 0 bridgehead atoms. The lowest BCUT2D eigenvalue weighted by atomic mass is 10.1. The van der Waals surface area contributed by atoms with Gasteiger partial charge in [0.25, 0.3) is 5.91 Å². The molecule has 0 saturated heterocycles. The maximum atomic E-state index is 13.0. The molecule has 1 aliphatic heterocycles. The number of carbonyl (C=O) groups excluding carboxylic acids is 1. The van der Waals surface area contributed by atoms with Gasteiger partial charge < -0.3 is 19.9 Å². The first kappa shape index (κ1) is 16.4. The second kappa shape index (κ2) is 5.72. The second-order valence-corrected chi connectivity index (χ2v) is 7.34. The van der Waals surface area contributed by atoms with Crippen LogP contribution in [0.2, 0.25) is 0 Å². The van der Waals surface area contributed by atoms with E-state index in [2.05, 4.69) is 47.6 Å². The standard InChI is InChI=1S/C19H21N5O2/c1-19(2,3)24-7-6-12-10-13(4-5-14(12)24)23-8-9-26-17-15(18(23)25)16(20)21-11-22-17/h4-7,10-11H,8-9H2,1-3H3,(H2,20,21,22). The maximum absolute atomic E-state index is 13.0. The Balaban J connectivity index is 1.78. The van der Waals surface area contributed by atoms with Crippen molar-refractivity contribution < 1.29 is 9.53 Å². The number of fused-ring (bicyclic) bond motifs is 2. The average molecular weight is 351 g/mol. The summed E-state index contributed by atoms with van der Waals surface area (Å²) in [6.07, 6.45) is 3.38. The molecule has 7 heteroatoms. The van der Waals surface area contributed by atoms with Crippen LogP contribution in [0.1, 0.15) is 31.1 Å². The number of benzene rings is 1. The summed E-state index contributed by atoms with van der Waals surface area (Å²) in [5, 5.41) is 1.08. The van der Waals surface area contributed by atoms with E-state index >= 15 is 0 Å². The molecule has 0 radical (unpaired) electrons. The molecule has 2 aromatic heterocycles. The number of nitrogens with two attached hydrogens (primary N) is 1. The van der Waals surface area contributed by atoms with Crippen molar-refractivity contribution in [3.05, 3.63) is 42.4 Å². The molecule has 0 spiro atoms. The van der Waals surface area contributed by atoms with Gasteiger partial charge in [-0.1, -0.05) is 0 Å². The van der Waals surface area contributed by atoms with Crippen LogP contribution in [0, 0.1) is 0 Å². The highest BCUT2D eigenvalue weighted by atomic mass is 16.5. The first-order chi connectivity index (χ1) is 12.4. The van der Waals surface area contributed by atoms with Gasteiger partial charge in [-0.15, -0.1) is 0 Å². The quantitative estimate of drug-likeness (QED) is 0.728. The molecule has 1 aliphatic rings. The number of nitrogen functional groups attached to an aromatic ring is 1. The smallest absolute Gasteiger partial charge is 0.267 e. The van der Waals surface area contributed by atoms with Gasteiger partial charge in [-0.2, -0.15) is 0 Å². The van der Waals surface area contributed by atoms with E-state index < -0.39 is 0 Å². The fraction of sp³-hybridized carbons (Fsp3) is 0.316. The molecule has 0 atom stereocenters. The Hall–Kier alpha value is -3.09. The van der Waals surface area contributed by atoms with Crippen molar-refractivity contribution in [1.29, 1.82) is 0 Å². The number of ether oxygens (including phenoxy) is 1. The first-order valence-electron chi connectivity index (χ1n) is 8.53. The van der Waals surface area contributed by atoms with Crippen molar-refractivity contribution in [1.82, 2.24) is 14.5 Å². The lowest BCUT2D eigenvalue weighted by Crippen LogP contribution is -2.32. The van der Waals surface area contributed by atoms with E-state index in [4.69, 9.17) is 10.5 Å². The highest BCUT2D eigenvalue weighted by Gasteiger charge is 2.29. The largest absolute Gasteiger partial charge is 0.475 e. The molecular weight excluding hydrogens is 330 g/mol. The zero-order valence-corrected chi connectivity index (χ0v) is 15.1. The predicted octanol–water partition coefficient (Wildman–Crippen LogP) is 2.81. The second-order valence-electron chi connectivity index (χ2n) is 7.34. The molecule has 0 saturated carbocycles. The third-order valence-corrected chi connectivity index (χ3v) is 4.56. The lowest BCUT2D eigenvalue weighted by Gasteiger charge is -2.24. The normalized spacial score (nSPS) is 14.9. The topological polar surface area (TPSA) is 86.3 Å². The minimum atomic E-state index is -0.245. The van der Waals surface area contributed by atoms with Crippen LogP contribution in [0.25, 0.3) is 10.9 Å². The molecule has 1 aromatic carbocycles. The van der Waals surface area contributed by atoms with Crippen LogP contribution in [0.15, 0.2) is 36.8 Å². The highest BCUT2D eigenvalue weighted by Crippen LogP contribution is 2.31. The monoisotopic (exact) mass is 351 g/mol. The van der Waals surface area contributed by atoms with E-state index in [1.165, 1.54) is 6.33 Å². The van der Waals surface area contributed by atoms with E-state index in [1.54, 1.807) is 4.90 Å². The minimum Gasteiger partial charge on any atom is -0.475 e. The molecule has 26 heavy (non-hydrogen) atoms. The minimum absolute atomic E-state index is 0.0136. The third-order valence-electron chi connectivity index (χ3n) is 4.56. The predicted molar refractivity (Wildman–Crippen MR) is 101 cm³/mol. The van der Waals surface area contributed by atoms with Crippen LogP contribution in [-0.2, 0) is 5.54 Å². The molecule has 134 valence electrons. The van der Waals surface area contributed by atoms with Gasteiger partial charge in [-0.3, -0.25) is 4.79 Å². The van der Waals surface area contributed by atoms with Crippen LogP contribution in [-0.4, -0.2) is 33.6 Å². The van der Waals surface area contributed by atoms with Crippen LogP contribution in [0.3, 0.4) is 0 Å². The summed E-state index contributed by atoms with van der Waals surface area (Å²) in [5.41, 5.74) is 8.04. The average Bonchev–Trinajstić information content (AvgIpc) is 2.94. The van der Waals surface area contributed by atoms with Crippen LogP contribution >= 0.6 is 0 Å². The number of nitrogens with zero attached hydrogens (tertiary/aromatic N) is 4. The summed E-state index contributed by atoms with van der Waals surface area (Å²) in [5.74, 6) is 0.127. The van der Waals surface area contributed by atoms with Crippen molar-refractivity contribution >= 4 is 28.3 Å². The third kappa shape index (κ3) is 2.56. The summed E-state index contributed by atoms with van der Waals surface area (Å²) in [6.45, 7) is 7.25. The van der Waals surface area contributed by atoms with Gasteiger partial charge in [0, 0.05) is 28.3 Å². The molecule has 0 aliphatic carbocycles. The van der Waals surface area contributed by atoms with Crippen molar-refractivity contribution in [3.63, 3.8) is 0 Å². The van der Waals surface area contributed by atoms with E-state index in [0.29, 0.717) is 13.2 Å². The Labute approximate surface area is 151 Å². The number of rotatable bonds is 1. The molecule has 0 unspecified atom stereocenters. The van der Waals surface area contributed by atoms with E-state index in [9.17, 15) is 4.79 Å². The molecule has 7 nitrogen and oxygen atoms in total. The van der Waals surface area contributed by atoms with Gasteiger partial charge in [0.05, 0.1) is 6.54 Å². The number of hydrogen-bond acceptors (Lipinski definition) is 5. The summed E-state index contributed by atoms with van der Waals surface area (Å²) in [6, 6.07) is 8.07. The molecule has 3 heterocycles.